The number of carbonyl (C=O) groups excluding carboxylic acids is 1. The molecule has 0 aliphatic rings. The molecule has 1 heterocycles. The van der Waals surface area contributed by atoms with E-state index >= 15 is 0 Å². The van der Waals surface area contributed by atoms with Gasteiger partial charge in [0.05, 0.1) is 10.2 Å². The van der Waals surface area contributed by atoms with Crippen molar-refractivity contribution >= 4 is 33.2 Å². The first-order chi connectivity index (χ1) is 10.1. The molecule has 0 saturated carbocycles. The molecule has 0 fully saturated rings. The molecule has 110 valence electrons. The fourth-order valence-electron chi connectivity index (χ4n) is 1.93. The van der Waals surface area contributed by atoms with Gasteiger partial charge in [-0.1, -0.05) is 6.92 Å². The first kappa shape index (κ1) is 15.5. The summed E-state index contributed by atoms with van der Waals surface area (Å²) in [4.78, 5) is 16.2. The highest BCUT2D eigenvalue weighted by molar-refractivity contribution is 9.10. The van der Waals surface area contributed by atoms with Gasteiger partial charge in [-0.15, -0.1) is 0 Å². The molecule has 0 aliphatic heterocycles. The minimum absolute atomic E-state index is 0.132. The summed E-state index contributed by atoms with van der Waals surface area (Å²) >= 11 is 3.36. The molecule has 1 amide bonds. The van der Waals surface area contributed by atoms with E-state index in [0.717, 1.165) is 28.7 Å². The summed E-state index contributed by atoms with van der Waals surface area (Å²) < 4.78 is 0.760. The summed E-state index contributed by atoms with van der Waals surface area (Å²) in [6.07, 6.45) is 4.36. The molecule has 2 N–H and O–H groups in total. The topological polar surface area (TPSA) is 54.0 Å². The molecule has 0 atom stereocenters. The van der Waals surface area contributed by atoms with Gasteiger partial charge in [-0.3, -0.25) is 9.78 Å². The zero-order valence-corrected chi connectivity index (χ0v) is 13.7. The van der Waals surface area contributed by atoms with Crippen LogP contribution in [0.4, 0.5) is 11.4 Å². The maximum atomic E-state index is 12.3. The number of halogens is 1. The summed E-state index contributed by atoms with van der Waals surface area (Å²) in [6.45, 7) is 5.05. The lowest BCUT2D eigenvalue weighted by atomic mass is 10.1. The van der Waals surface area contributed by atoms with Gasteiger partial charge in [-0.25, -0.2) is 0 Å². The summed E-state index contributed by atoms with van der Waals surface area (Å²) in [5, 5.41) is 6.21. The number of amides is 1. The highest BCUT2D eigenvalue weighted by Crippen LogP contribution is 2.22. The Balaban J connectivity index is 2.13. The first-order valence-electron chi connectivity index (χ1n) is 6.87. The van der Waals surface area contributed by atoms with Crippen LogP contribution in [0.25, 0.3) is 0 Å². The number of nitrogens with one attached hydrogen (secondary N) is 2. The standard InChI is InChI=1S/C16H18BrN3O/c1-3-7-19-14-5-4-12(9-11(14)2)16(21)20-15-6-8-18-10-13(15)17/h4-6,8-10,19H,3,7H2,1-2H3,(H,18,20,21). The predicted molar refractivity (Wildman–Crippen MR) is 89.8 cm³/mol. The monoisotopic (exact) mass is 347 g/mol. The second-order valence-corrected chi connectivity index (χ2v) is 5.62. The summed E-state index contributed by atoms with van der Waals surface area (Å²) in [5.74, 6) is -0.132. The van der Waals surface area contributed by atoms with E-state index in [2.05, 4.69) is 38.5 Å². The van der Waals surface area contributed by atoms with E-state index < -0.39 is 0 Å². The molecular weight excluding hydrogens is 330 g/mol. The van der Waals surface area contributed by atoms with E-state index in [0.29, 0.717) is 11.3 Å². The van der Waals surface area contributed by atoms with E-state index in [1.165, 1.54) is 0 Å². The Morgan fingerprint density at radius 1 is 1.29 bits per heavy atom. The number of aryl methyl sites for hydroxylation is 1. The van der Waals surface area contributed by atoms with Crippen molar-refractivity contribution in [3.05, 3.63) is 52.3 Å². The maximum absolute atomic E-state index is 12.3. The van der Waals surface area contributed by atoms with Crippen molar-refractivity contribution < 1.29 is 4.79 Å². The number of benzene rings is 1. The molecule has 4 nitrogen and oxygen atoms in total. The quantitative estimate of drug-likeness (QED) is 0.850. The van der Waals surface area contributed by atoms with E-state index in [1.807, 2.05) is 25.1 Å². The van der Waals surface area contributed by atoms with Crippen molar-refractivity contribution in [2.24, 2.45) is 0 Å². The molecule has 1 aromatic heterocycles. The minimum Gasteiger partial charge on any atom is -0.385 e. The van der Waals surface area contributed by atoms with Gasteiger partial charge in [0, 0.05) is 30.2 Å². The van der Waals surface area contributed by atoms with Gasteiger partial charge in [-0.2, -0.15) is 0 Å². The largest absolute Gasteiger partial charge is 0.385 e. The van der Waals surface area contributed by atoms with Crippen molar-refractivity contribution in [1.29, 1.82) is 0 Å². The van der Waals surface area contributed by atoms with Crippen molar-refractivity contribution in [1.82, 2.24) is 4.98 Å². The predicted octanol–water partition coefficient (Wildman–Crippen LogP) is 4.23. The Hall–Kier alpha value is -1.88. The highest BCUT2D eigenvalue weighted by Gasteiger charge is 2.09. The third kappa shape index (κ3) is 4.04. The molecular formula is C16H18BrN3O. The normalized spacial score (nSPS) is 10.2. The fourth-order valence-corrected chi connectivity index (χ4v) is 2.28. The van der Waals surface area contributed by atoms with Crippen molar-refractivity contribution in [2.45, 2.75) is 20.3 Å². The van der Waals surface area contributed by atoms with Gasteiger partial charge in [0.2, 0.25) is 0 Å². The average molecular weight is 348 g/mol. The van der Waals surface area contributed by atoms with Gasteiger partial charge in [-0.05, 0) is 59.1 Å². The lowest BCUT2D eigenvalue weighted by molar-refractivity contribution is 0.102. The fraction of sp³-hybridized carbons (Fsp3) is 0.250. The van der Waals surface area contributed by atoms with Crippen LogP contribution in [0.5, 0.6) is 0 Å². The number of pyridine rings is 1. The van der Waals surface area contributed by atoms with Crippen LogP contribution in [0.1, 0.15) is 29.3 Å². The Kier molecular flexibility index (Phi) is 5.33. The van der Waals surface area contributed by atoms with Gasteiger partial charge in [0.1, 0.15) is 0 Å². The molecule has 5 heteroatoms. The molecule has 0 saturated heterocycles. The minimum atomic E-state index is -0.132. The molecule has 0 radical (unpaired) electrons. The van der Waals surface area contributed by atoms with Crippen LogP contribution in [-0.4, -0.2) is 17.4 Å². The molecule has 21 heavy (non-hydrogen) atoms. The van der Waals surface area contributed by atoms with Crippen LogP contribution in [0.2, 0.25) is 0 Å². The van der Waals surface area contributed by atoms with Crippen LogP contribution in [0, 0.1) is 6.92 Å². The van der Waals surface area contributed by atoms with Crippen molar-refractivity contribution in [2.75, 3.05) is 17.2 Å². The van der Waals surface area contributed by atoms with Crippen LogP contribution in [0.3, 0.4) is 0 Å². The lowest BCUT2D eigenvalue weighted by Crippen LogP contribution is -2.13. The van der Waals surface area contributed by atoms with Crippen LogP contribution in [0.15, 0.2) is 41.1 Å². The van der Waals surface area contributed by atoms with E-state index in [-0.39, 0.29) is 5.91 Å². The Labute approximate surface area is 133 Å². The molecule has 2 aromatic rings. The van der Waals surface area contributed by atoms with Gasteiger partial charge >= 0.3 is 0 Å². The number of anilines is 2. The molecule has 0 aliphatic carbocycles. The summed E-state index contributed by atoms with van der Waals surface area (Å²) in [7, 11) is 0. The summed E-state index contributed by atoms with van der Waals surface area (Å²) in [5.41, 5.74) is 3.47. The molecule has 2 rings (SSSR count). The number of rotatable bonds is 5. The molecule has 0 bridgehead atoms. The third-order valence-electron chi connectivity index (χ3n) is 3.07. The zero-order valence-electron chi connectivity index (χ0n) is 12.1. The van der Waals surface area contributed by atoms with Gasteiger partial charge < -0.3 is 10.6 Å². The highest BCUT2D eigenvalue weighted by atomic mass is 79.9. The molecule has 0 spiro atoms. The Morgan fingerprint density at radius 3 is 2.76 bits per heavy atom. The maximum Gasteiger partial charge on any atom is 0.255 e. The number of aromatic nitrogens is 1. The van der Waals surface area contributed by atoms with E-state index in [9.17, 15) is 4.79 Å². The number of hydrogen-bond acceptors (Lipinski definition) is 3. The zero-order chi connectivity index (χ0) is 15.2. The van der Waals surface area contributed by atoms with Crippen molar-refractivity contribution in [3.63, 3.8) is 0 Å². The average Bonchev–Trinajstić information content (AvgIpc) is 2.48. The SMILES string of the molecule is CCCNc1ccc(C(=O)Nc2ccncc2Br)cc1C. The summed E-state index contributed by atoms with van der Waals surface area (Å²) in [6, 6.07) is 7.42. The van der Waals surface area contributed by atoms with E-state index in [1.54, 1.807) is 18.5 Å². The molecule has 0 unspecified atom stereocenters. The Bertz CT molecular complexity index is 643. The first-order valence-corrected chi connectivity index (χ1v) is 7.66. The van der Waals surface area contributed by atoms with Crippen LogP contribution >= 0.6 is 15.9 Å². The number of hydrogen-bond donors (Lipinski definition) is 2. The van der Waals surface area contributed by atoms with Crippen LogP contribution < -0.4 is 10.6 Å². The van der Waals surface area contributed by atoms with Crippen LogP contribution in [-0.2, 0) is 0 Å². The molecule has 1 aromatic carbocycles. The van der Waals surface area contributed by atoms with Gasteiger partial charge in [0.15, 0.2) is 0 Å². The number of carbonyl (C=O) groups is 1. The third-order valence-corrected chi connectivity index (χ3v) is 3.71. The Morgan fingerprint density at radius 2 is 2.10 bits per heavy atom. The second kappa shape index (κ2) is 7.22. The van der Waals surface area contributed by atoms with Crippen molar-refractivity contribution in [3.8, 4) is 0 Å². The number of nitrogens with zero attached hydrogens (tertiary/aromatic N) is 1. The smallest absolute Gasteiger partial charge is 0.255 e. The second-order valence-electron chi connectivity index (χ2n) is 4.77. The van der Waals surface area contributed by atoms with Gasteiger partial charge in [0.25, 0.3) is 5.91 Å². The lowest BCUT2D eigenvalue weighted by Gasteiger charge is -2.11. The van der Waals surface area contributed by atoms with E-state index in [4.69, 9.17) is 0 Å².